The second-order valence-corrected chi connectivity index (χ2v) is 4.31. The van der Waals surface area contributed by atoms with Crippen LogP contribution < -0.4 is 4.72 Å². The molecule has 0 fully saturated rings. The predicted octanol–water partition coefficient (Wildman–Crippen LogP) is 0.401. The maximum Gasteiger partial charge on any atom is 0.279 e. The van der Waals surface area contributed by atoms with Gasteiger partial charge < -0.3 is 0 Å². The van der Waals surface area contributed by atoms with E-state index in [9.17, 15) is 8.42 Å². The van der Waals surface area contributed by atoms with Crippen molar-refractivity contribution in [1.82, 2.24) is 9.03 Å². The molecule has 74 valence electrons. The Labute approximate surface area is 79.1 Å². The Morgan fingerprint density at radius 3 is 2.17 bits per heavy atom. The summed E-state index contributed by atoms with van der Waals surface area (Å²) in [6, 6.07) is 0. The van der Waals surface area contributed by atoms with Crippen LogP contribution in [-0.4, -0.2) is 38.2 Å². The van der Waals surface area contributed by atoms with Crippen LogP contribution in [-0.2, 0) is 10.2 Å². The van der Waals surface area contributed by atoms with E-state index in [1.807, 2.05) is 0 Å². The van der Waals surface area contributed by atoms with E-state index in [4.69, 9.17) is 11.6 Å². The highest BCUT2D eigenvalue weighted by Crippen LogP contribution is 1.95. The van der Waals surface area contributed by atoms with Gasteiger partial charge in [-0.2, -0.15) is 12.7 Å². The van der Waals surface area contributed by atoms with Gasteiger partial charge >= 0.3 is 0 Å². The lowest BCUT2D eigenvalue weighted by Gasteiger charge is -2.18. The van der Waals surface area contributed by atoms with Crippen molar-refractivity contribution in [2.75, 3.05) is 25.5 Å². The zero-order valence-electron chi connectivity index (χ0n) is 7.38. The molecule has 0 aliphatic carbocycles. The van der Waals surface area contributed by atoms with E-state index >= 15 is 0 Å². The highest BCUT2D eigenvalue weighted by molar-refractivity contribution is 7.87. The third-order valence-corrected chi connectivity index (χ3v) is 3.38. The number of nitrogens with one attached hydrogen (secondary N) is 1. The number of alkyl halides is 1. The molecule has 0 radical (unpaired) electrons. The van der Waals surface area contributed by atoms with Gasteiger partial charge in [0.1, 0.15) is 0 Å². The van der Waals surface area contributed by atoms with E-state index in [0.717, 1.165) is 0 Å². The van der Waals surface area contributed by atoms with Crippen molar-refractivity contribution >= 4 is 21.8 Å². The number of nitrogens with zero attached hydrogens (tertiary/aromatic N) is 1. The van der Waals surface area contributed by atoms with Crippen LogP contribution in [0.2, 0.25) is 0 Å². The molecule has 0 rings (SSSR count). The quantitative estimate of drug-likeness (QED) is 0.651. The molecule has 0 heterocycles. The fourth-order valence-corrected chi connectivity index (χ4v) is 2.25. The normalized spacial score (nSPS) is 12.3. The van der Waals surface area contributed by atoms with Crippen molar-refractivity contribution in [2.45, 2.75) is 13.8 Å². The highest BCUT2D eigenvalue weighted by atomic mass is 35.5. The molecule has 1 N–H and O–H groups in total. The van der Waals surface area contributed by atoms with Crippen molar-refractivity contribution < 1.29 is 8.42 Å². The third-order valence-electron chi connectivity index (χ3n) is 1.42. The van der Waals surface area contributed by atoms with Crippen LogP contribution >= 0.6 is 11.6 Å². The minimum absolute atomic E-state index is 0.278. The van der Waals surface area contributed by atoms with Crippen LogP contribution in [0, 0.1) is 0 Å². The molecule has 0 aromatic heterocycles. The Hall–Kier alpha value is 0.160. The molecule has 0 aliphatic heterocycles. The van der Waals surface area contributed by atoms with E-state index in [1.165, 1.54) is 4.31 Å². The van der Waals surface area contributed by atoms with Crippen LogP contribution in [0.1, 0.15) is 13.8 Å². The van der Waals surface area contributed by atoms with Gasteiger partial charge in [0.25, 0.3) is 10.2 Å². The Morgan fingerprint density at radius 2 is 1.83 bits per heavy atom. The van der Waals surface area contributed by atoms with E-state index in [0.29, 0.717) is 19.0 Å². The summed E-state index contributed by atoms with van der Waals surface area (Å²) in [5.74, 6) is 0.292. The molecule has 0 saturated heterocycles. The summed E-state index contributed by atoms with van der Waals surface area (Å²) in [5, 5.41) is 0. The number of hydrogen-bond donors (Lipinski definition) is 1. The first-order chi connectivity index (χ1) is 5.58. The van der Waals surface area contributed by atoms with Crippen molar-refractivity contribution in [3.63, 3.8) is 0 Å². The van der Waals surface area contributed by atoms with Crippen molar-refractivity contribution in [3.05, 3.63) is 0 Å². The molecule has 0 aromatic carbocycles. The molecular formula is C6H15ClN2O2S. The lowest BCUT2D eigenvalue weighted by molar-refractivity contribution is 0.436. The molecule has 0 unspecified atom stereocenters. The molecule has 6 heteroatoms. The first-order valence-corrected chi connectivity index (χ1v) is 5.86. The minimum atomic E-state index is -3.29. The topological polar surface area (TPSA) is 49.4 Å². The van der Waals surface area contributed by atoms with Gasteiger partial charge in [0.05, 0.1) is 0 Å². The van der Waals surface area contributed by atoms with Gasteiger partial charge in [-0.25, -0.2) is 4.72 Å². The standard InChI is InChI=1S/C6H15ClN2O2S/c1-3-9(4-2)12(10,11)8-6-5-7/h8H,3-6H2,1-2H3. The average Bonchev–Trinajstić information content (AvgIpc) is 2.03. The summed E-state index contributed by atoms with van der Waals surface area (Å²) in [4.78, 5) is 0. The van der Waals surface area contributed by atoms with Crippen LogP contribution in [0.25, 0.3) is 0 Å². The summed E-state index contributed by atoms with van der Waals surface area (Å²) in [6.45, 7) is 4.83. The lowest BCUT2D eigenvalue weighted by atomic mass is 10.7. The van der Waals surface area contributed by atoms with Gasteiger partial charge in [-0.1, -0.05) is 13.8 Å². The molecule has 0 amide bonds. The van der Waals surface area contributed by atoms with E-state index in [-0.39, 0.29) is 6.54 Å². The fourth-order valence-electron chi connectivity index (χ4n) is 0.822. The van der Waals surface area contributed by atoms with Gasteiger partial charge in [-0.15, -0.1) is 11.6 Å². The molecular weight excluding hydrogens is 200 g/mol. The molecule has 0 aromatic rings. The third kappa shape index (κ3) is 3.71. The number of rotatable bonds is 6. The summed E-state index contributed by atoms with van der Waals surface area (Å²) in [6.07, 6.45) is 0. The maximum absolute atomic E-state index is 11.3. The minimum Gasteiger partial charge on any atom is -0.201 e. The molecule has 0 bridgehead atoms. The van der Waals surface area contributed by atoms with Crippen LogP contribution in [0.4, 0.5) is 0 Å². The maximum atomic E-state index is 11.3. The Bertz CT molecular complexity index is 202. The second kappa shape index (κ2) is 5.75. The number of hydrogen-bond acceptors (Lipinski definition) is 2. The van der Waals surface area contributed by atoms with Crippen LogP contribution in [0.15, 0.2) is 0 Å². The summed E-state index contributed by atoms with van der Waals surface area (Å²) < 4.78 is 26.3. The van der Waals surface area contributed by atoms with Gasteiger partial charge in [-0.3, -0.25) is 0 Å². The predicted molar refractivity (Wildman–Crippen MR) is 50.6 cm³/mol. The molecule has 12 heavy (non-hydrogen) atoms. The summed E-state index contributed by atoms with van der Waals surface area (Å²) in [5.41, 5.74) is 0. The van der Waals surface area contributed by atoms with Gasteiger partial charge in [0.2, 0.25) is 0 Å². The van der Waals surface area contributed by atoms with Crippen LogP contribution in [0.3, 0.4) is 0 Å². The Kier molecular flexibility index (Phi) is 5.82. The van der Waals surface area contributed by atoms with Crippen molar-refractivity contribution in [1.29, 1.82) is 0 Å². The van der Waals surface area contributed by atoms with E-state index < -0.39 is 10.2 Å². The molecule has 0 saturated carbocycles. The van der Waals surface area contributed by atoms with Crippen LogP contribution in [0.5, 0.6) is 0 Å². The Morgan fingerprint density at radius 1 is 1.33 bits per heavy atom. The van der Waals surface area contributed by atoms with Gasteiger partial charge in [0, 0.05) is 25.5 Å². The summed E-state index contributed by atoms with van der Waals surface area (Å²) >= 11 is 5.35. The second-order valence-electron chi connectivity index (χ2n) is 2.17. The molecule has 4 nitrogen and oxygen atoms in total. The zero-order valence-corrected chi connectivity index (χ0v) is 8.95. The number of halogens is 1. The van der Waals surface area contributed by atoms with Gasteiger partial charge in [-0.05, 0) is 0 Å². The van der Waals surface area contributed by atoms with Crippen molar-refractivity contribution in [2.24, 2.45) is 0 Å². The monoisotopic (exact) mass is 214 g/mol. The van der Waals surface area contributed by atoms with E-state index in [1.54, 1.807) is 13.8 Å². The van der Waals surface area contributed by atoms with Crippen molar-refractivity contribution in [3.8, 4) is 0 Å². The largest absolute Gasteiger partial charge is 0.279 e. The first kappa shape index (κ1) is 12.2. The summed E-state index contributed by atoms with van der Waals surface area (Å²) in [7, 11) is -3.29. The smallest absolute Gasteiger partial charge is 0.201 e. The van der Waals surface area contributed by atoms with E-state index in [2.05, 4.69) is 4.72 Å². The molecule has 0 aliphatic rings. The van der Waals surface area contributed by atoms with Gasteiger partial charge in [0.15, 0.2) is 0 Å². The Balaban J connectivity index is 4.17. The SMILES string of the molecule is CCN(CC)S(=O)(=O)NCCCl. The highest BCUT2D eigenvalue weighted by Gasteiger charge is 2.16. The lowest BCUT2D eigenvalue weighted by Crippen LogP contribution is -2.41. The average molecular weight is 215 g/mol. The molecule has 0 spiro atoms. The fraction of sp³-hybridized carbons (Fsp3) is 1.00. The first-order valence-electron chi connectivity index (χ1n) is 3.89. The molecule has 0 atom stereocenters. The zero-order chi connectivity index (χ0) is 9.61.